The molecule has 1 amide bonds. The molecular weight excluding hydrogens is 428 g/mol. The number of ketones is 1. The summed E-state index contributed by atoms with van der Waals surface area (Å²) in [5, 5.41) is 32.3. The Hall–Kier alpha value is -3.88. The Morgan fingerprint density at radius 3 is 2.48 bits per heavy atom. The third kappa shape index (κ3) is 4.52. The van der Waals surface area contributed by atoms with Crippen molar-refractivity contribution in [3.8, 4) is 11.5 Å². The third-order valence-electron chi connectivity index (χ3n) is 5.43. The molecule has 0 aromatic heterocycles. The average Bonchev–Trinajstić information content (AvgIpc) is 3.03. The summed E-state index contributed by atoms with van der Waals surface area (Å²) in [5.41, 5.74) is 0.600. The lowest BCUT2D eigenvalue weighted by Gasteiger charge is -2.24. The van der Waals surface area contributed by atoms with Gasteiger partial charge in [0.05, 0.1) is 23.1 Å². The Labute approximate surface area is 191 Å². The van der Waals surface area contributed by atoms with Crippen LogP contribution in [0.4, 0.5) is 5.69 Å². The molecule has 1 fully saturated rings. The predicted octanol–water partition coefficient (Wildman–Crippen LogP) is 4.23. The van der Waals surface area contributed by atoms with E-state index in [0.717, 1.165) is 24.1 Å². The van der Waals surface area contributed by atoms with Crippen LogP contribution in [0.15, 0.2) is 42.0 Å². The molecule has 33 heavy (non-hydrogen) atoms. The van der Waals surface area contributed by atoms with Crippen LogP contribution >= 0.6 is 0 Å². The second kappa shape index (κ2) is 9.72. The quantitative estimate of drug-likeness (QED) is 0.201. The minimum absolute atomic E-state index is 0.157. The first kappa shape index (κ1) is 23.8. The van der Waals surface area contributed by atoms with E-state index in [1.54, 1.807) is 25.1 Å². The molecule has 1 atom stereocenters. The number of ether oxygens (including phenoxy) is 1. The molecule has 1 unspecified atom stereocenters. The summed E-state index contributed by atoms with van der Waals surface area (Å²) in [6.07, 6.45) is 1.37. The Balaban J connectivity index is 2.17. The van der Waals surface area contributed by atoms with Gasteiger partial charge in [-0.3, -0.25) is 19.7 Å². The molecular formula is C24H26N2O7. The normalized spacial score (nSPS) is 17.4. The van der Waals surface area contributed by atoms with Gasteiger partial charge in [-0.25, -0.2) is 0 Å². The lowest BCUT2D eigenvalue weighted by molar-refractivity contribution is -0.385. The number of hydrogen-bond donors (Lipinski definition) is 2. The average molecular weight is 454 g/mol. The molecule has 1 heterocycles. The molecule has 1 aliphatic heterocycles. The molecule has 3 rings (SSSR count). The van der Waals surface area contributed by atoms with Gasteiger partial charge in [0.2, 0.25) is 0 Å². The molecule has 2 aromatic carbocycles. The minimum Gasteiger partial charge on any atom is -0.507 e. The molecule has 1 aliphatic rings. The largest absolute Gasteiger partial charge is 0.507 e. The van der Waals surface area contributed by atoms with Crippen LogP contribution in [-0.4, -0.2) is 44.9 Å². The van der Waals surface area contributed by atoms with Crippen LogP contribution in [0.5, 0.6) is 11.5 Å². The van der Waals surface area contributed by atoms with Gasteiger partial charge < -0.3 is 19.8 Å². The van der Waals surface area contributed by atoms with Crippen molar-refractivity contribution >= 4 is 23.1 Å². The Kier molecular flexibility index (Phi) is 7.01. The van der Waals surface area contributed by atoms with Gasteiger partial charge in [-0.2, -0.15) is 0 Å². The number of nitro groups is 1. The molecule has 0 spiro atoms. The van der Waals surface area contributed by atoms with Gasteiger partial charge in [-0.05, 0) is 55.2 Å². The summed E-state index contributed by atoms with van der Waals surface area (Å²) < 4.78 is 5.66. The van der Waals surface area contributed by atoms with Gasteiger partial charge in [0.15, 0.2) is 5.75 Å². The molecule has 0 bridgehead atoms. The summed E-state index contributed by atoms with van der Waals surface area (Å²) in [6, 6.07) is 7.57. The fraction of sp³-hybridized carbons (Fsp3) is 0.333. The van der Waals surface area contributed by atoms with Gasteiger partial charge in [0.1, 0.15) is 11.5 Å². The van der Waals surface area contributed by atoms with Crippen molar-refractivity contribution < 1.29 is 29.5 Å². The number of aryl methyl sites for hydroxylation is 1. The van der Waals surface area contributed by atoms with Crippen molar-refractivity contribution in [1.29, 1.82) is 0 Å². The third-order valence-corrected chi connectivity index (χ3v) is 5.43. The van der Waals surface area contributed by atoms with Crippen LogP contribution in [0.2, 0.25) is 0 Å². The summed E-state index contributed by atoms with van der Waals surface area (Å²) >= 11 is 0. The number of carbonyl (C=O) groups is 2. The number of benzene rings is 2. The van der Waals surface area contributed by atoms with Crippen LogP contribution < -0.4 is 4.74 Å². The number of phenolic OH excluding ortho intramolecular Hbond substituents is 1. The molecule has 9 heteroatoms. The van der Waals surface area contributed by atoms with Gasteiger partial charge in [0.25, 0.3) is 11.7 Å². The minimum atomic E-state index is -1.03. The van der Waals surface area contributed by atoms with E-state index in [1.165, 1.54) is 11.0 Å². The molecule has 9 nitrogen and oxygen atoms in total. The Morgan fingerprint density at radius 2 is 1.88 bits per heavy atom. The second-order valence-corrected chi connectivity index (χ2v) is 7.83. The molecule has 0 aliphatic carbocycles. The second-order valence-electron chi connectivity index (χ2n) is 7.83. The van der Waals surface area contributed by atoms with E-state index in [2.05, 4.69) is 0 Å². The molecule has 2 aromatic rings. The SMILES string of the molecule is CCCOc1ccc(/C(O)=C2/C(=O)C(=O)N(CCC)C2c2ccc(O)c([N+](=O)[O-])c2)cc1C. The zero-order chi connectivity index (χ0) is 24.3. The highest BCUT2D eigenvalue weighted by atomic mass is 16.6. The van der Waals surface area contributed by atoms with E-state index in [0.29, 0.717) is 24.3 Å². The van der Waals surface area contributed by atoms with E-state index >= 15 is 0 Å². The zero-order valence-electron chi connectivity index (χ0n) is 18.7. The number of hydrogen-bond acceptors (Lipinski definition) is 7. The maximum Gasteiger partial charge on any atom is 0.311 e. The van der Waals surface area contributed by atoms with Crippen molar-refractivity contribution in [2.45, 2.75) is 39.7 Å². The van der Waals surface area contributed by atoms with E-state index in [9.17, 15) is 29.9 Å². The smallest absolute Gasteiger partial charge is 0.311 e. The number of aliphatic hydroxyl groups excluding tert-OH is 1. The van der Waals surface area contributed by atoms with Crippen molar-refractivity contribution in [2.24, 2.45) is 0 Å². The summed E-state index contributed by atoms with van der Waals surface area (Å²) in [6.45, 7) is 6.36. The molecule has 1 saturated heterocycles. The first-order valence-electron chi connectivity index (χ1n) is 10.7. The number of nitrogens with zero attached hydrogens (tertiary/aromatic N) is 2. The number of nitro benzene ring substituents is 1. The number of rotatable bonds is 8. The van der Waals surface area contributed by atoms with Crippen LogP contribution in [0.1, 0.15) is 49.4 Å². The van der Waals surface area contributed by atoms with E-state index in [-0.39, 0.29) is 23.4 Å². The molecule has 0 radical (unpaired) electrons. The summed E-state index contributed by atoms with van der Waals surface area (Å²) in [4.78, 5) is 37.6. The maximum atomic E-state index is 13.0. The molecule has 174 valence electrons. The number of carbonyl (C=O) groups excluding carboxylic acids is 2. The van der Waals surface area contributed by atoms with Crippen LogP contribution in [0.3, 0.4) is 0 Å². The lowest BCUT2D eigenvalue weighted by Crippen LogP contribution is -2.30. The van der Waals surface area contributed by atoms with E-state index in [4.69, 9.17) is 4.74 Å². The van der Waals surface area contributed by atoms with Crippen LogP contribution in [0, 0.1) is 17.0 Å². The van der Waals surface area contributed by atoms with Gasteiger partial charge >= 0.3 is 5.69 Å². The van der Waals surface area contributed by atoms with Gasteiger partial charge in [-0.1, -0.05) is 19.9 Å². The predicted molar refractivity (Wildman–Crippen MR) is 121 cm³/mol. The highest BCUT2D eigenvalue weighted by molar-refractivity contribution is 6.46. The zero-order valence-corrected chi connectivity index (χ0v) is 18.7. The Bertz CT molecular complexity index is 1140. The first-order valence-corrected chi connectivity index (χ1v) is 10.7. The number of amides is 1. The highest BCUT2D eigenvalue weighted by Gasteiger charge is 2.46. The van der Waals surface area contributed by atoms with Gasteiger partial charge in [0, 0.05) is 18.2 Å². The molecule has 0 saturated carbocycles. The maximum absolute atomic E-state index is 13.0. The van der Waals surface area contributed by atoms with Crippen molar-refractivity contribution in [2.75, 3.05) is 13.2 Å². The van der Waals surface area contributed by atoms with Crippen molar-refractivity contribution in [1.82, 2.24) is 4.90 Å². The summed E-state index contributed by atoms with van der Waals surface area (Å²) in [7, 11) is 0. The standard InChI is InChI=1S/C24H26N2O7/c1-4-10-25-21(15-6-8-18(27)17(13-15)26(31)32)20(23(29)24(25)30)22(28)16-7-9-19(14(3)12-16)33-11-5-2/h6-9,12-13,21,27-28H,4-5,10-11H2,1-3H3/b22-20-. The molecule has 2 N–H and O–H groups in total. The topological polar surface area (TPSA) is 130 Å². The van der Waals surface area contributed by atoms with Gasteiger partial charge in [-0.15, -0.1) is 0 Å². The number of likely N-dealkylation sites (tertiary alicyclic amines) is 1. The van der Waals surface area contributed by atoms with Crippen molar-refractivity contribution in [3.05, 3.63) is 68.8 Å². The highest BCUT2D eigenvalue weighted by Crippen LogP contribution is 2.42. The number of Topliss-reactive ketones (excluding diaryl/α,β-unsaturated/α-hetero) is 1. The number of aromatic hydroxyl groups is 1. The fourth-order valence-electron chi connectivity index (χ4n) is 3.88. The fourth-order valence-corrected chi connectivity index (χ4v) is 3.88. The lowest BCUT2D eigenvalue weighted by atomic mass is 9.94. The van der Waals surface area contributed by atoms with E-state index in [1.807, 2.05) is 13.8 Å². The number of aliphatic hydroxyl groups is 1. The van der Waals surface area contributed by atoms with Crippen LogP contribution in [0.25, 0.3) is 5.76 Å². The first-order chi connectivity index (χ1) is 15.7. The summed E-state index contributed by atoms with van der Waals surface area (Å²) in [5.74, 6) is -1.93. The monoisotopic (exact) mass is 454 g/mol. The van der Waals surface area contributed by atoms with Crippen LogP contribution in [-0.2, 0) is 9.59 Å². The number of phenols is 1. The van der Waals surface area contributed by atoms with Crippen molar-refractivity contribution in [3.63, 3.8) is 0 Å². The Morgan fingerprint density at radius 1 is 1.15 bits per heavy atom. The van der Waals surface area contributed by atoms with E-state index < -0.39 is 34.1 Å².